The third-order valence-corrected chi connectivity index (χ3v) is 21.7. The van der Waals surface area contributed by atoms with Crippen LogP contribution in [0.1, 0.15) is 132 Å². The lowest BCUT2D eigenvalue weighted by Gasteiger charge is -2.37. The maximum absolute atomic E-state index is 15.9. The second-order valence-electron chi connectivity index (χ2n) is 34.5. The fourth-order valence-electron chi connectivity index (χ4n) is 12.8. The van der Waals surface area contributed by atoms with Gasteiger partial charge in [-0.2, -0.15) is 0 Å². The first-order valence-corrected chi connectivity index (χ1v) is 41.1. The molecule has 0 bridgehead atoms. The number of esters is 2. The average Bonchev–Trinajstić information content (AvgIpc) is 0.803. The average molecular weight is 1580 g/mol. The Morgan fingerprint density at radius 2 is 0.649 bits per heavy atom. The molecule has 648 valence electrons. The van der Waals surface area contributed by atoms with Gasteiger partial charge in [-0.05, 0) is 131 Å². The van der Waals surface area contributed by atoms with Crippen molar-refractivity contribution >= 4 is 58.8 Å². The summed E-state index contributed by atoms with van der Waals surface area (Å²) in [6.45, 7) is 30.9. The molecule has 0 aliphatic carbocycles. The Morgan fingerprint density at radius 1 is 0.333 bits per heavy atom. The quantitative estimate of drug-likeness (QED) is 0.0583. The number of carbonyl (C=O) groups excluding carboxylic acids is 10. The highest BCUT2D eigenvalue weighted by Gasteiger charge is 2.45. The van der Waals surface area contributed by atoms with Crippen LogP contribution in [-0.4, -0.2) is 431 Å². The summed E-state index contributed by atoms with van der Waals surface area (Å²) in [5.74, 6) is -6.31. The monoisotopic (exact) mass is 1580 g/mol. The summed E-state index contributed by atoms with van der Waals surface area (Å²) in [5, 5.41) is 9.32. The number of hydrogen-bond acceptors (Lipinski definition) is 24. The van der Waals surface area contributed by atoms with E-state index in [1.165, 1.54) is 0 Å². The van der Waals surface area contributed by atoms with Crippen LogP contribution in [0.4, 0.5) is 0 Å². The molecule has 0 aromatic rings. The van der Waals surface area contributed by atoms with E-state index >= 15 is 14.4 Å². The summed E-state index contributed by atoms with van der Waals surface area (Å²) in [7, 11) is 34.6. The van der Waals surface area contributed by atoms with Gasteiger partial charge in [0.25, 0.3) is 0 Å². The van der Waals surface area contributed by atoms with Crippen LogP contribution in [0.5, 0.6) is 0 Å². The number of rotatable bonds is 67. The topological polar surface area (TPSA) is 271 Å². The molecule has 5 amide bonds. The van der Waals surface area contributed by atoms with Crippen molar-refractivity contribution < 1.29 is 57.4 Å². The summed E-state index contributed by atoms with van der Waals surface area (Å²) in [5.41, 5.74) is -3.78. The first-order chi connectivity index (χ1) is 51.9. The third-order valence-electron chi connectivity index (χ3n) is 21.7. The first-order valence-electron chi connectivity index (χ1n) is 41.1. The molecule has 0 fully saturated rings. The fourth-order valence-corrected chi connectivity index (χ4v) is 12.8. The van der Waals surface area contributed by atoms with E-state index in [2.05, 4.69) is 64.9 Å². The predicted molar refractivity (Wildman–Crippen MR) is 447 cm³/mol. The molecule has 0 heterocycles. The van der Waals surface area contributed by atoms with Gasteiger partial charge in [-0.3, -0.25) is 47.9 Å². The standard InChI is InChI=1S/C82H163N17O12/c1-27-29-32-85-77(107)68(62-73(103)97(24)51-47-90(17)37-33-83-9)64-81(5,6)71(101)60-69(79(109)99(26)53-49-91(18)38-34-84-10)65-82(7,8)76(106)67(61-72(102)96(23)52-48-92(19)45-43-88(15)35-30-74(104)110-57-55-94(21)41-39-86(11)12)63-80(3,4)70(100)59-66(28-2)78(108)98(25)54-50-93(20)46-44-89(16)36-31-75(105)111-58-56-95(22)42-40-87(13)14/h66-69,83-84H,27-65H2,1-26H3,(H,85,107). The number of carbonyl (C=O) groups is 10. The van der Waals surface area contributed by atoms with Gasteiger partial charge in [0.1, 0.15) is 30.6 Å². The zero-order valence-electron chi connectivity index (χ0n) is 75.0. The SMILES string of the molecule is CCCCNC(=O)C(CC(=O)N(C)CCN(C)CCNC)CC(C)(C)C(=O)CC(CC(C)(C)C(=O)C(CC(=O)N(C)CCN(C)CCN(C)CCC(=O)OCCN(C)CCN(C)C)CC(C)(C)C(=O)CC(CC)C(=O)N(C)CCN(C)CCN(C)CCC(=O)OCCN(C)CCN(C)C)C(=O)N(C)CCN(C)CCNC. The van der Waals surface area contributed by atoms with Gasteiger partial charge in [0.05, 0.1) is 12.8 Å². The van der Waals surface area contributed by atoms with E-state index in [1.54, 1.807) is 89.3 Å². The molecule has 0 saturated heterocycles. The molecule has 29 heteroatoms. The van der Waals surface area contributed by atoms with Crippen LogP contribution in [-0.2, 0) is 57.4 Å². The van der Waals surface area contributed by atoms with E-state index in [0.717, 1.165) is 65.2 Å². The summed E-state index contributed by atoms with van der Waals surface area (Å²) in [6.07, 6.45) is 1.68. The normalized spacial score (nSPS) is 13.5. The van der Waals surface area contributed by atoms with Crippen LogP contribution >= 0.6 is 0 Å². The van der Waals surface area contributed by atoms with Crippen LogP contribution < -0.4 is 16.0 Å². The van der Waals surface area contributed by atoms with Crippen molar-refractivity contribution in [2.24, 2.45) is 39.9 Å². The summed E-state index contributed by atoms with van der Waals surface area (Å²) < 4.78 is 11.0. The van der Waals surface area contributed by atoms with Gasteiger partial charge in [0.15, 0.2) is 0 Å². The van der Waals surface area contributed by atoms with Crippen molar-refractivity contribution in [1.29, 1.82) is 0 Å². The largest absolute Gasteiger partial charge is 0.464 e. The number of ketones is 3. The molecular formula is C82H163N17O12. The summed E-state index contributed by atoms with van der Waals surface area (Å²) >= 11 is 0. The smallest absolute Gasteiger partial charge is 0.307 e. The Hall–Kier alpha value is -5.18. The van der Waals surface area contributed by atoms with Crippen molar-refractivity contribution in [1.82, 2.24) is 84.5 Å². The third kappa shape index (κ3) is 47.5. The molecule has 0 rings (SSSR count). The van der Waals surface area contributed by atoms with Gasteiger partial charge in [-0.15, -0.1) is 0 Å². The molecule has 0 saturated carbocycles. The zero-order valence-corrected chi connectivity index (χ0v) is 75.0. The van der Waals surface area contributed by atoms with Crippen molar-refractivity contribution in [2.45, 2.75) is 132 Å². The lowest BCUT2D eigenvalue weighted by molar-refractivity contribution is -0.145. The Balaban J connectivity index is 7.17. The lowest BCUT2D eigenvalue weighted by atomic mass is 9.67. The Morgan fingerprint density at radius 3 is 1.03 bits per heavy atom. The van der Waals surface area contributed by atoms with Crippen molar-refractivity contribution in [3.8, 4) is 0 Å². The van der Waals surface area contributed by atoms with Crippen molar-refractivity contribution in [3.63, 3.8) is 0 Å². The number of nitrogens with zero attached hydrogens (tertiary/aromatic N) is 14. The molecule has 29 nitrogen and oxygen atoms in total. The highest BCUT2D eigenvalue weighted by Crippen LogP contribution is 2.41. The highest BCUT2D eigenvalue weighted by molar-refractivity contribution is 5.95. The number of likely N-dealkylation sites (N-methyl/N-ethyl adjacent to an activating group) is 16. The minimum atomic E-state index is -1.35. The van der Waals surface area contributed by atoms with Crippen LogP contribution in [0.3, 0.4) is 0 Å². The Kier molecular flexibility index (Phi) is 54.3. The van der Waals surface area contributed by atoms with Crippen LogP contribution in [0.2, 0.25) is 0 Å². The fraction of sp³-hybridized carbons (Fsp3) is 0.878. The number of amides is 5. The predicted octanol–water partition coefficient (Wildman–Crippen LogP) is 3.01. The number of ether oxygens (including phenoxy) is 2. The van der Waals surface area contributed by atoms with E-state index in [0.29, 0.717) is 131 Å². The number of Topliss-reactive ketones (excluding diaryl/α,β-unsaturated/α-hetero) is 3. The molecule has 3 N–H and O–H groups in total. The molecule has 4 unspecified atom stereocenters. The molecule has 111 heavy (non-hydrogen) atoms. The maximum atomic E-state index is 15.9. The second-order valence-corrected chi connectivity index (χ2v) is 34.5. The molecule has 0 aliphatic rings. The molecule has 0 aromatic carbocycles. The number of unbranched alkanes of at least 4 members (excludes halogenated alkanes) is 1. The molecule has 0 aromatic heterocycles. The van der Waals surface area contributed by atoms with Gasteiger partial charge in [0, 0.05) is 257 Å². The minimum Gasteiger partial charge on any atom is -0.464 e. The van der Waals surface area contributed by atoms with E-state index in [9.17, 15) is 33.6 Å². The van der Waals surface area contributed by atoms with E-state index in [-0.39, 0.29) is 117 Å². The van der Waals surface area contributed by atoms with Crippen LogP contribution in [0.25, 0.3) is 0 Å². The summed E-state index contributed by atoms with van der Waals surface area (Å²) in [6, 6.07) is 0. The number of hydrogen-bond donors (Lipinski definition) is 3. The van der Waals surface area contributed by atoms with Gasteiger partial charge in [-0.25, -0.2) is 0 Å². The summed E-state index contributed by atoms with van der Waals surface area (Å²) in [4.78, 5) is 171. The first kappa shape index (κ1) is 106. The number of nitrogens with one attached hydrogen (secondary N) is 3. The molecule has 0 radical (unpaired) electrons. The van der Waals surface area contributed by atoms with Gasteiger partial charge < -0.3 is 94.0 Å². The molecule has 0 aliphatic heterocycles. The minimum absolute atomic E-state index is 0.0269. The maximum Gasteiger partial charge on any atom is 0.307 e. The van der Waals surface area contributed by atoms with Gasteiger partial charge >= 0.3 is 11.9 Å². The second kappa shape index (κ2) is 57.0. The van der Waals surface area contributed by atoms with E-state index < -0.39 is 39.9 Å². The van der Waals surface area contributed by atoms with Crippen molar-refractivity contribution in [3.05, 3.63) is 0 Å². The van der Waals surface area contributed by atoms with Gasteiger partial charge in [0.2, 0.25) is 29.5 Å². The lowest BCUT2D eigenvalue weighted by Crippen LogP contribution is -2.45. The zero-order chi connectivity index (χ0) is 84.8. The Labute approximate surface area is 673 Å². The Bertz CT molecular complexity index is 2690. The molecule has 4 atom stereocenters. The van der Waals surface area contributed by atoms with E-state index in [4.69, 9.17) is 9.47 Å². The van der Waals surface area contributed by atoms with E-state index in [1.807, 2.05) is 113 Å². The highest BCUT2D eigenvalue weighted by atomic mass is 16.5. The molecule has 0 spiro atoms. The van der Waals surface area contributed by atoms with Gasteiger partial charge in [-0.1, -0.05) is 61.8 Å². The van der Waals surface area contributed by atoms with Crippen LogP contribution in [0.15, 0.2) is 0 Å². The molecular weight excluding hydrogens is 1420 g/mol. The van der Waals surface area contributed by atoms with Crippen molar-refractivity contribution in [2.75, 3.05) is 304 Å². The van der Waals surface area contributed by atoms with Crippen LogP contribution in [0, 0.1) is 39.9 Å².